The Kier molecular flexibility index (Phi) is 2.14. The second kappa shape index (κ2) is 3.46. The molecule has 1 aromatic heterocycles. The molecule has 74 valence electrons. The van der Waals surface area contributed by atoms with E-state index in [2.05, 4.69) is 9.72 Å². The monoisotopic (exact) mass is 200 g/mol. The fourth-order valence-electron chi connectivity index (χ4n) is 1.42. The van der Waals surface area contributed by atoms with Crippen LogP contribution in [0.4, 0.5) is 0 Å². The van der Waals surface area contributed by atoms with Crippen molar-refractivity contribution in [2.24, 2.45) is 0 Å². The van der Waals surface area contributed by atoms with Crippen LogP contribution in [0.15, 0.2) is 24.3 Å². The van der Waals surface area contributed by atoms with Crippen LogP contribution in [0.1, 0.15) is 16.1 Å². The molecule has 0 unspecified atom stereocenters. The average molecular weight is 200 g/mol. The number of carbonyl (C=O) groups is 1. The van der Waals surface area contributed by atoms with E-state index in [0.29, 0.717) is 11.3 Å². The standard InChI is InChI=1S/C11H8N2O2/c1-15-11(14)10-5-8-3-2-7(6-12)4-9(8)13-10/h2-5,13H,1H3. The van der Waals surface area contributed by atoms with E-state index in [9.17, 15) is 4.79 Å². The van der Waals surface area contributed by atoms with Gasteiger partial charge in [0.25, 0.3) is 0 Å². The van der Waals surface area contributed by atoms with Crippen LogP contribution in [-0.4, -0.2) is 18.1 Å². The summed E-state index contributed by atoms with van der Waals surface area (Å²) < 4.78 is 4.59. The van der Waals surface area contributed by atoms with Crippen LogP contribution < -0.4 is 0 Å². The zero-order valence-corrected chi connectivity index (χ0v) is 8.07. The van der Waals surface area contributed by atoms with Gasteiger partial charge >= 0.3 is 5.97 Å². The smallest absolute Gasteiger partial charge is 0.354 e. The number of rotatable bonds is 1. The van der Waals surface area contributed by atoms with Crippen molar-refractivity contribution in [1.29, 1.82) is 5.26 Å². The van der Waals surface area contributed by atoms with Gasteiger partial charge in [-0.05, 0) is 18.2 Å². The second-order valence-electron chi connectivity index (χ2n) is 3.09. The highest BCUT2D eigenvalue weighted by Gasteiger charge is 2.09. The van der Waals surface area contributed by atoms with E-state index in [1.165, 1.54) is 7.11 Å². The van der Waals surface area contributed by atoms with Gasteiger partial charge in [0.1, 0.15) is 5.69 Å². The number of ether oxygens (including phenoxy) is 1. The lowest BCUT2D eigenvalue weighted by Crippen LogP contribution is -2.00. The van der Waals surface area contributed by atoms with Gasteiger partial charge in [-0.1, -0.05) is 6.07 Å². The summed E-state index contributed by atoms with van der Waals surface area (Å²) in [5.74, 6) is -0.412. The summed E-state index contributed by atoms with van der Waals surface area (Å²) in [6.07, 6.45) is 0. The van der Waals surface area contributed by atoms with Gasteiger partial charge in [-0.15, -0.1) is 0 Å². The van der Waals surface area contributed by atoms with E-state index >= 15 is 0 Å². The van der Waals surface area contributed by atoms with Crippen molar-refractivity contribution in [2.75, 3.05) is 7.11 Å². The maximum Gasteiger partial charge on any atom is 0.354 e. The first-order valence-corrected chi connectivity index (χ1v) is 4.36. The minimum atomic E-state index is -0.412. The Bertz CT molecular complexity index is 563. The number of nitriles is 1. The van der Waals surface area contributed by atoms with Crippen molar-refractivity contribution in [3.8, 4) is 6.07 Å². The van der Waals surface area contributed by atoms with Crippen molar-refractivity contribution in [3.05, 3.63) is 35.5 Å². The lowest BCUT2D eigenvalue weighted by atomic mass is 10.2. The highest BCUT2D eigenvalue weighted by Crippen LogP contribution is 2.17. The number of hydrogen-bond donors (Lipinski definition) is 1. The summed E-state index contributed by atoms with van der Waals surface area (Å²) in [4.78, 5) is 14.1. The number of H-pyrrole nitrogens is 1. The molecule has 4 heteroatoms. The summed E-state index contributed by atoms with van der Waals surface area (Å²) >= 11 is 0. The van der Waals surface area contributed by atoms with Crippen LogP contribution >= 0.6 is 0 Å². The molecule has 0 saturated heterocycles. The third-order valence-electron chi connectivity index (χ3n) is 2.16. The fraction of sp³-hybridized carbons (Fsp3) is 0.0909. The van der Waals surface area contributed by atoms with E-state index < -0.39 is 5.97 Å². The third-order valence-corrected chi connectivity index (χ3v) is 2.16. The van der Waals surface area contributed by atoms with Gasteiger partial charge in [0.15, 0.2) is 0 Å². The number of fused-ring (bicyclic) bond motifs is 1. The highest BCUT2D eigenvalue weighted by atomic mass is 16.5. The molecule has 1 aromatic carbocycles. The van der Waals surface area contributed by atoms with Crippen LogP contribution in [0.25, 0.3) is 10.9 Å². The summed E-state index contributed by atoms with van der Waals surface area (Å²) in [6, 6.07) is 8.92. The molecule has 0 fully saturated rings. The zero-order chi connectivity index (χ0) is 10.8. The summed E-state index contributed by atoms with van der Waals surface area (Å²) in [6.45, 7) is 0. The zero-order valence-electron chi connectivity index (χ0n) is 8.07. The van der Waals surface area contributed by atoms with E-state index in [-0.39, 0.29) is 0 Å². The van der Waals surface area contributed by atoms with E-state index in [0.717, 1.165) is 10.9 Å². The first-order chi connectivity index (χ1) is 7.24. The minimum Gasteiger partial charge on any atom is -0.464 e. The lowest BCUT2D eigenvalue weighted by molar-refractivity contribution is 0.0595. The van der Waals surface area contributed by atoms with Gasteiger partial charge in [-0.3, -0.25) is 0 Å². The maximum absolute atomic E-state index is 11.2. The fourth-order valence-corrected chi connectivity index (χ4v) is 1.42. The Labute approximate surface area is 86.1 Å². The molecule has 2 aromatic rings. The first kappa shape index (κ1) is 9.28. The van der Waals surface area contributed by atoms with Crippen molar-refractivity contribution in [2.45, 2.75) is 0 Å². The highest BCUT2D eigenvalue weighted by molar-refractivity contribution is 5.95. The molecule has 0 aliphatic rings. The molecule has 0 radical (unpaired) electrons. The normalized spacial score (nSPS) is 9.87. The lowest BCUT2D eigenvalue weighted by Gasteiger charge is -1.92. The number of aromatic nitrogens is 1. The van der Waals surface area contributed by atoms with Gasteiger partial charge in [-0.2, -0.15) is 5.26 Å². The molecule has 2 rings (SSSR count). The Morgan fingerprint density at radius 1 is 1.47 bits per heavy atom. The van der Waals surface area contributed by atoms with Crippen molar-refractivity contribution in [3.63, 3.8) is 0 Å². The quantitative estimate of drug-likeness (QED) is 0.714. The van der Waals surface area contributed by atoms with Crippen molar-refractivity contribution < 1.29 is 9.53 Å². The van der Waals surface area contributed by atoms with Gasteiger partial charge in [0, 0.05) is 10.9 Å². The number of hydrogen-bond acceptors (Lipinski definition) is 3. The molecule has 1 heterocycles. The number of nitrogens with zero attached hydrogens (tertiary/aromatic N) is 1. The van der Waals surface area contributed by atoms with Crippen LogP contribution in [0.5, 0.6) is 0 Å². The largest absolute Gasteiger partial charge is 0.464 e. The van der Waals surface area contributed by atoms with Crippen molar-refractivity contribution >= 4 is 16.9 Å². The SMILES string of the molecule is COC(=O)c1cc2ccc(C#N)cc2[nH]1. The molecule has 0 aliphatic heterocycles. The Hall–Kier alpha value is -2.28. The van der Waals surface area contributed by atoms with Crippen LogP contribution in [0, 0.1) is 11.3 Å². The van der Waals surface area contributed by atoms with Gasteiger partial charge in [-0.25, -0.2) is 4.79 Å². The predicted octanol–water partition coefficient (Wildman–Crippen LogP) is 1.83. The van der Waals surface area contributed by atoms with Crippen molar-refractivity contribution in [1.82, 2.24) is 4.98 Å². The third kappa shape index (κ3) is 1.55. The Balaban J connectivity index is 2.57. The second-order valence-corrected chi connectivity index (χ2v) is 3.09. The summed E-state index contributed by atoms with van der Waals surface area (Å²) in [5.41, 5.74) is 1.71. The number of benzene rings is 1. The number of aromatic amines is 1. The van der Waals surface area contributed by atoms with Crippen LogP contribution in [0.3, 0.4) is 0 Å². The predicted molar refractivity (Wildman–Crippen MR) is 54.4 cm³/mol. The molecule has 0 spiro atoms. The minimum absolute atomic E-state index is 0.391. The molecule has 0 amide bonds. The molecule has 15 heavy (non-hydrogen) atoms. The number of nitrogens with one attached hydrogen (secondary N) is 1. The van der Waals surface area contributed by atoms with E-state index in [1.807, 2.05) is 6.07 Å². The number of esters is 1. The average Bonchev–Trinajstić information content (AvgIpc) is 2.70. The van der Waals surface area contributed by atoms with Crippen LogP contribution in [0.2, 0.25) is 0 Å². The van der Waals surface area contributed by atoms with E-state index in [4.69, 9.17) is 5.26 Å². The van der Waals surface area contributed by atoms with Gasteiger partial charge in [0.05, 0.1) is 18.7 Å². The molecular formula is C11H8N2O2. The maximum atomic E-state index is 11.2. The van der Waals surface area contributed by atoms with Gasteiger partial charge in [0.2, 0.25) is 0 Å². The summed E-state index contributed by atoms with van der Waals surface area (Å²) in [5, 5.41) is 9.59. The molecule has 0 aliphatic carbocycles. The van der Waals surface area contributed by atoms with Crippen LogP contribution in [-0.2, 0) is 4.74 Å². The number of methoxy groups -OCH3 is 1. The molecule has 1 N–H and O–H groups in total. The topological polar surface area (TPSA) is 65.9 Å². The Morgan fingerprint density at radius 3 is 2.93 bits per heavy atom. The van der Waals surface area contributed by atoms with E-state index in [1.54, 1.807) is 24.3 Å². The molecule has 0 bridgehead atoms. The van der Waals surface area contributed by atoms with Gasteiger partial charge < -0.3 is 9.72 Å². The number of carbonyl (C=O) groups excluding carboxylic acids is 1. The molecule has 0 saturated carbocycles. The Morgan fingerprint density at radius 2 is 2.27 bits per heavy atom. The molecule has 4 nitrogen and oxygen atoms in total. The first-order valence-electron chi connectivity index (χ1n) is 4.36. The summed E-state index contributed by atoms with van der Waals surface area (Å²) in [7, 11) is 1.33. The molecule has 0 atom stereocenters. The molecular weight excluding hydrogens is 192 g/mol.